The molecule has 25 heavy (non-hydrogen) atoms. The lowest BCUT2D eigenvalue weighted by atomic mass is 9.94. The zero-order valence-corrected chi connectivity index (χ0v) is 15.6. The molecule has 0 bridgehead atoms. The maximum absolute atomic E-state index is 12.9. The van der Waals surface area contributed by atoms with Gasteiger partial charge in [-0.25, -0.2) is 4.39 Å². The molecule has 1 atom stereocenters. The number of hydrogen-bond donors (Lipinski definition) is 2. The van der Waals surface area contributed by atoms with E-state index in [4.69, 9.17) is 4.74 Å². The number of hydrogen-bond acceptors (Lipinski definition) is 3. The lowest BCUT2D eigenvalue weighted by Crippen LogP contribution is -2.42. The minimum absolute atomic E-state index is 0.0436. The number of piperidine rings is 1. The van der Waals surface area contributed by atoms with Crippen molar-refractivity contribution in [2.24, 2.45) is 10.9 Å². The fourth-order valence-electron chi connectivity index (χ4n) is 2.99. The van der Waals surface area contributed by atoms with Crippen molar-refractivity contribution in [3.05, 3.63) is 30.1 Å². The molecule has 0 spiro atoms. The molecule has 1 unspecified atom stereocenters. The van der Waals surface area contributed by atoms with E-state index in [0.29, 0.717) is 12.3 Å². The third-order valence-electron chi connectivity index (χ3n) is 4.61. The molecule has 0 amide bonds. The van der Waals surface area contributed by atoms with E-state index in [0.717, 1.165) is 18.4 Å². The zero-order valence-electron chi connectivity index (χ0n) is 15.6. The first-order chi connectivity index (χ1) is 12.1. The van der Waals surface area contributed by atoms with Crippen molar-refractivity contribution in [1.82, 2.24) is 15.5 Å². The van der Waals surface area contributed by atoms with E-state index in [-0.39, 0.29) is 11.9 Å². The summed E-state index contributed by atoms with van der Waals surface area (Å²) in [5.74, 6) is 2.01. The first-order valence-corrected chi connectivity index (χ1v) is 9.12. The Kier molecular flexibility index (Phi) is 7.98. The van der Waals surface area contributed by atoms with Gasteiger partial charge in [-0.15, -0.1) is 0 Å². The molecule has 1 fully saturated rings. The molecule has 1 saturated heterocycles. The van der Waals surface area contributed by atoms with Crippen LogP contribution in [0.25, 0.3) is 0 Å². The molecule has 2 N–H and O–H groups in total. The van der Waals surface area contributed by atoms with E-state index in [1.54, 1.807) is 19.2 Å². The predicted octanol–water partition coefficient (Wildman–Crippen LogP) is 2.49. The minimum atomic E-state index is -0.257. The highest BCUT2D eigenvalue weighted by Crippen LogP contribution is 2.18. The van der Waals surface area contributed by atoms with Crippen molar-refractivity contribution in [2.75, 3.05) is 40.3 Å². The van der Waals surface area contributed by atoms with Crippen LogP contribution in [-0.4, -0.2) is 57.2 Å². The van der Waals surface area contributed by atoms with Gasteiger partial charge in [-0.3, -0.25) is 4.99 Å². The van der Waals surface area contributed by atoms with Crippen LogP contribution in [0.1, 0.15) is 26.2 Å². The number of rotatable bonds is 7. The average Bonchev–Trinajstić information content (AvgIpc) is 2.61. The maximum atomic E-state index is 12.9. The van der Waals surface area contributed by atoms with Gasteiger partial charge in [0.15, 0.2) is 5.96 Å². The number of ether oxygens (including phenoxy) is 1. The van der Waals surface area contributed by atoms with Crippen LogP contribution in [0.15, 0.2) is 29.3 Å². The molecule has 0 aliphatic carbocycles. The molecule has 5 nitrogen and oxygen atoms in total. The van der Waals surface area contributed by atoms with Crippen molar-refractivity contribution >= 4 is 5.96 Å². The van der Waals surface area contributed by atoms with Gasteiger partial charge in [-0.05, 0) is 76.5 Å². The fourth-order valence-corrected chi connectivity index (χ4v) is 2.99. The Hall–Kier alpha value is -1.82. The van der Waals surface area contributed by atoms with Gasteiger partial charge in [-0.1, -0.05) is 0 Å². The largest absolute Gasteiger partial charge is 0.489 e. The normalized spacial score (nSPS) is 18.0. The summed E-state index contributed by atoms with van der Waals surface area (Å²) in [5.41, 5.74) is 0. The van der Waals surface area contributed by atoms with Crippen molar-refractivity contribution in [3.63, 3.8) is 0 Å². The second kappa shape index (κ2) is 10.2. The number of likely N-dealkylation sites (tertiary alicyclic amines) is 1. The van der Waals surface area contributed by atoms with Crippen molar-refractivity contribution in [2.45, 2.75) is 32.3 Å². The minimum Gasteiger partial charge on any atom is -0.489 e. The van der Waals surface area contributed by atoms with Crippen LogP contribution in [0.5, 0.6) is 5.75 Å². The number of halogens is 1. The van der Waals surface area contributed by atoms with Crippen molar-refractivity contribution < 1.29 is 9.13 Å². The number of nitrogens with one attached hydrogen (secondary N) is 2. The molecular weight excluding hydrogens is 319 g/mol. The highest BCUT2D eigenvalue weighted by molar-refractivity contribution is 5.79. The summed E-state index contributed by atoms with van der Waals surface area (Å²) >= 11 is 0. The fraction of sp³-hybridized carbons (Fsp3) is 0.632. The molecule has 0 aromatic heterocycles. The molecule has 1 aromatic rings. The quantitative estimate of drug-likeness (QED) is 0.586. The molecular formula is C19H31FN4O. The van der Waals surface area contributed by atoms with Crippen LogP contribution in [0, 0.1) is 11.7 Å². The lowest BCUT2D eigenvalue weighted by Gasteiger charge is -2.29. The first-order valence-electron chi connectivity index (χ1n) is 9.12. The molecule has 1 aliphatic heterocycles. The average molecular weight is 350 g/mol. The summed E-state index contributed by atoms with van der Waals surface area (Å²) in [4.78, 5) is 6.65. The van der Waals surface area contributed by atoms with Gasteiger partial charge in [-0.2, -0.15) is 0 Å². The number of guanidine groups is 1. The topological polar surface area (TPSA) is 48.9 Å². The Morgan fingerprint density at radius 2 is 1.96 bits per heavy atom. The molecule has 1 aliphatic rings. The highest BCUT2D eigenvalue weighted by atomic mass is 19.1. The summed E-state index contributed by atoms with van der Waals surface area (Å²) in [7, 11) is 3.96. The van der Waals surface area contributed by atoms with Gasteiger partial charge in [0.1, 0.15) is 17.7 Å². The number of nitrogens with zero attached hydrogens (tertiary/aromatic N) is 2. The smallest absolute Gasteiger partial charge is 0.191 e. The summed E-state index contributed by atoms with van der Waals surface area (Å²) in [6, 6.07) is 6.08. The van der Waals surface area contributed by atoms with Crippen molar-refractivity contribution in [1.29, 1.82) is 0 Å². The van der Waals surface area contributed by atoms with Crippen molar-refractivity contribution in [3.8, 4) is 5.75 Å². The third kappa shape index (κ3) is 7.30. The lowest BCUT2D eigenvalue weighted by molar-refractivity contribution is 0.212. The molecule has 1 heterocycles. The van der Waals surface area contributed by atoms with E-state index in [2.05, 4.69) is 27.6 Å². The predicted molar refractivity (Wildman–Crippen MR) is 101 cm³/mol. The molecule has 0 saturated carbocycles. The zero-order chi connectivity index (χ0) is 18.1. The molecule has 140 valence electrons. The van der Waals surface area contributed by atoms with Gasteiger partial charge < -0.3 is 20.3 Å². The Bertz CT molecular complexity index is 527. The highest BCUT2D eigenvalue weighted by Gasteiger charge is 2.16. The van der Waals surface area contributed by atoms with E-state index < -0.39 is 0 Å². The van der Waals surface area contributed by atoms with Crippen LogP contribution in [0.4, 0.5) is 4.39 Å². The summed E-state index contributed by atoms with van der Waals surface area (Å²) in [6.07, 6.45) is 3.70. The van der Waals surface area contributed by atoms with E-state index in [9.17, 15) is 4.39 Å². The van der Waals surface area contributed by atoms with Gasteiger partial charge >= 0.3 is 0 Å². The van der Waals surface area contributed by atoms with Gasteiger partial charge in [0.25, 0.3) is 0 Å². The Morgan fingerprint density at radius 3 is 2.60 bits per heavy atom. The van der Waals surface area contributed by atoms with Gasteiger partial charge in [0.2, 0.25) is 0 Å². The van der Waals surface area contributed by atoms with Gasteiger partial charge in [0, 0.05) is 13.6 Å². The standard InChI is InChI=1S/C19H31FN4O/c1-15(25-18-6-4-17(20)5-7-18)14-23-19(21-2)22-11-8-16-9-12-24(3)13-10-16/h4-7,15-16H,8-14H2,1-3H3,(H2,21,22,23). The first kappa shape index (κ1) is 19.5. The summed E-state index contributed by atoms with van der Waals surface area (Å²) in [5, 5.41) is 6.65. The second-order valence-corrected chi connectivity index (χ2v) is 6.80. The van der Waals surface area contributed by atoms with E-state index in [1.165, 1.54) is 44.5 Å². The van der Waals surface area contributed by atoms with E-state index in [1.807, 2.05) is 6.92 Å². The Labute approximate surface area is 150 Å². The van der Waals surface area contributed by atoms with Crippen LogP contribution in [0.3, 0.4) is 0 Å². The maximum Gasteiger partial charge on any atom is 0.191 e. The van der Waals surface area contributed by atoms with Gasteiger partial charge in [0.05, 0.1) is 6.54 Å². The number of aliphatic imine (C=N–C) groups is 1. The summed E-state index contributed by atoms with van der Waals surface area (Å²) in [6.45, 7) is 5.94. The summed E-state index contributed by atoms with van der Waals surface area (Å²) < 4.78 is 18.7. The second-order valence-electron chi connectivity index (χ2n) is 6.80. The van der Waals surface area contributed by atoms with Crippen LogP contribution in [0.2, 0.25) is 0 Å². The SMILES string of the molecule is CN=C(NCCC1CCN(C)CC1)NCC(C)Oc1ccc(F)cc1. The van der Waals surface area contributed by atoms with E-state index >= 15 is 0 Å². The van der Waals surface area contributed by atoms with Crippen LogP contribution >= 0.6 is 0 Å². The molecule has 1 aromatic carbocycles. The molecule has 0 radical (unpaired) electrons. The van der Waals surface area contributed by atoms with Crippen LogP contribution < -0.4 is 15.4 Å². The third-order valence-corrected chi connectivity index (χ3v) is 4.61. The molecule has 2 rings (SSSR count). The Morgan fingerprint density at radius 1 is 1.28 bits per heavy atom. The molecule has 6 heteroatoms. The van der Waals surface area contributed by atoms with Crippen LogP contribution in [-0.2, 0) is 0 Å². The number of benzene rings is 1. The Balaban J connectivity index is 1.63. The monoisotopic (exact) mass is 350 g/mol.